The van der Waals surface area contributed by atoms with Crippen LogP contribution in [-0.2, 0) is 0 Å². The highest BCUT2D eigenvalue weighted by Gasteiger charge is 2.10. The number of aromatic amines is 1. The first-order valence-electron chi connectivity index (χ1n) is 6.77. The van der Waals surface area contributed by atoms with Crippen molar-refractivity contribution in [3.8, 4) is 28.7 Å². The Kier molecular flexibility index (Phi) is 3.59. The molecule has 0 aliphatic carbocycles. The molecule has 1 aromatic carbocycles. The van der Waals surface area contributed by atoms with Gasteiger partial charge >= 0.3 is 0 Å². The highest BCUT2D eigenvalue weighted by Crippen LogP contribution is 2.29. The normalized spacial score (nSPS) is 10.7. The van der Waals surface area contributed by atoms with Gasteiger partial charge in [0.15, 0.2) is 11.6 Å². The molecule has 0 aliphatic heterocycles. The van der Waals surface area contributed by atoms with Crippen LogP contribution in [0.5, 0.6) is 5.75 Å². The molecule has 6 heteroatoms. The van der Waals surface area contributed by atoms with Gasteiger partial charge in [-0.1, -0.05) is 19.1 Å². The number of benzene rings is 1. The fourth-order valence-corrected chi connectivity index (χ4v) is 1.96. The van der Waals surface area contributed by atoms with E-state index >= 15 is 0 Å². The lowest BCUT2D eigenvalue weighted by Crippen LogP contribution is -1.94. The van der Waals surface area contributed by atoms with E-state index in [1.807, 2.05) is 36.4 Å². The van der Waals surface area contributed by atoms with Crippen molar-refractivity contribution in [2.24, 2.45) is 0 Å². The minimum Gasteiger partial charge on any atom is -0.494 e. The zero-order valence-corrected chi connectivity index (χ0v) is 11.7. The van der Waals surface area contributed by atoms with Crippen LogP contribution in [0.25, 0.3) is 22.9 Å². The van der Waals surface area contributed by atoms with E-state index < -0.39 is 0 Å². The number of nitrogen functional groups attached to an aromatic ring is 1. The number of anilines is 1. The van der Waals surface area contributed by atoms with E-state index in [1.54, 1.807) is 0 Å². The van der Waals surface area contributed by atoms with Crippen molar-refractivity contribution >= 4 is 5.95 Å². The van der Waals surface area contributed by atoms with E-state index in [0.29, 0.717) is 18.2 Å². The summed E-state index contributed by atoms with van der Waals surface area (Å²) in [5.41, 5.74) is 6.44. The summed E-state index contributed by atoms with van der Waals surface area (Å²) in [6.45, 7) is 2.77. The second-order valence-electron chi connectivity index (χ2n) is 4.58. The average molecular weight is 284 g/mol. The standard InChI is InChI=1S/C15H16N4O2/c1-2-8-20-11-5-3-4-10(9-11)12-6-7-13(21-12)14-17-15(16)19-18-14/h3-7,9H,2,8H2,1H3,(H3,16,17,18,19). The number of nitrogens with zero attached hydrogens (tertiary/aromatic N) is 2. The molecule has 0 fully saturated rings. The molecule has 3 aromatic rings. The predicted molar refractivity (Wildman–Crippen MR) is 79.7 cm³/mol. The fraction of sp³-hybridized carbons (Fsp3) is 0.200. The quantitative estimate of drug-likeness (QED) is 0.751. The third kappa shape index (κ3) is 2.89. The molecule has 0 bridgehead atoms. The van der Waals surface area contributed by atoms with Crippen LogP contribution in [0.2, 0.25) is 0 Å². The molecule has 2 aromatic heterocycles. The zero-order valence-electron chi connectivity index (χ0n) is 11.7. The first-order valence-corrected chi connectivity index (χ1v) is 6.77. The van der Waals surface area contributed by atoms with Crippen LogP contribution in [0, 0.1) is 0 Å². The summed E-state index contributed by atoms with van der Waals surface area (Å²) >= 11 is 0. The van der Waals surface area contributed by atoms with Crippen LogP contribution in [0.1, 0.15) is 13.3 Å². The maximum Gasteiger partial charge on any atom is 0.239 e. The van der Waals surface area contributed by atoms with E-state index in [1.165, 1.54) is 0 Å². The number of nitrogens with two attached hydrogens (primary N) is 1. The van der Waals surface area contributed by atoms with Gasteiger partial charge in [0.05, 0.1) is 6.61 Å². The van der Waals surface area contributed by atoms with Crippen LogP contribution in [0.4, 0.5) is 5.95 Å². The maximum atomic E-state index is 5.78. The summed E-state index contributed by atoms with van der Waals surface area (Å²) in [6.07, 6.45) is 0.974. The number of aromatic nitrogens is 3. The molecule has 0 saturated carbocycles. The van der Waals surface area contributed by atoms with Crippen molar-refractivity contribution < 1.29 is 9.15 Å². The van der Waals surface area contributed by atoms with Gasteiger partial charge in [-0.05, 0) is 30.7 Å². The van der Waals surface area contributed by atoms with Crippen LogP contribution < -0.4 is 10.5 Å². The molecular weight excluding hydrogens is 268 g/mol. The number of furan rings is 1. The average Bonchev–Trinajstić information content (AvgIpc) is 3.14. The summed E-state index contributed by atoms with van der Waals surface area (Å²) in [7, 11) is 0. The molecule has 0 radical (unpaired) electrons. The van der Waals surface area contributed by atoms with Gasteiger partial charge in [-0.3, -0.25) is 5.10 Å². The second-order valence-corrected chi connectivity index (χ2v) is 4.58. The van der Waals surface area contributed by atoms with Gasteiger partial charge in [-0.2, -0.15) is 4.98 Å². The molecular formula is C15H16N4O2. The Labute approximate surface area is 122 Å². The van der Waals surface area contributed by atoms with Crippen molar-refractivity contribution in [2.45, 2.75) is 13.3 Å². The van der Waals surface area contributed by atoms with Gasteiger partial charge in [0.25, 0.3) is 0 Å². The van der Waals surface area contributed by atoms with Gasteiger partial charge in [-0.25, -0.2) is 0 Å². The molecule has 0 aliphatic rings. The van der Waals surface area contributed by atoms with E-state index in [2.05, 4.69) is 22.1 Å². The Morgan fingerprint density at radius 1 is 1.24 bits per heavy atom. The summed E-state index contributed by atoms with van der Waals surface area (Å²) in [4.78, 5) is 4.04. The Morgan fingerprint density at radius 3 is 2.86 bits per heavy atom. The molecule has 108 valence electrons. The largest absolute Gasteiger partial charge is 0.494 e. The van der Waals surface area contributed by atoms with Gasteiger partial charge < -0.3 is 14.9 Å². The molecule has 3 N–H and O–H groups in total. The van der Waals surface area contributed by atoms with Crippen molar-refractivity contribution in [3.05, 3.63) is 36.4 Å². The summed E-state index contributed by atoms with van der Waals surface area (Å²) in [5, 5.41) is 6.51. The van der Waals surface area contributed by atoms with Crippen LogP contribution in [0.3, 0.4) is 0 Å². The molecule has 0 spiro atoms. The molecule has 3 rings (SSSR count). The number of ether oxygens (including phenoxy) is 1. The van der Waals surface area contributed by atoms with Crippen LogP contribution >= 0.6 is 0 Å². The zero-order chi connectivity index (χ0) is 14.7. The van der Waals surface area contributed by atoms with Gasteiger partial charge in [0, 0.05) is 5.56 Å². The minimum absolute atomic E-state index is 0.193. The first kappa shape index (κ1) is 13.2. The summed E-state index contributed by atoms with van der Waals surface area (Å²) in [6, 6.07) is 11.5. The van der Waals surface area contributed by atoms with Crippen molar-refractivity contribution in [1.82, 2.24) is 15.2 Å². The summed E-state index contributed by atoms with van der Waals surface area (Å²) < 4.78 is 11.4. The first-order chi connectivity index (χ1) is 10.3. The Morgan fingerprint density at radius 2 is 2.10 bits per heavy atom. The fourth-order valence-electron chi connectivity index (χ4n) is 1.96. The smallest absolute Gasteiger partial charge is 0.239 e. The molecule has 0 amide bonds. The number of hydrogen-bond acceptors (Lipinski definition) is 5. The number of rotatable bonds is 5. The highest BCUT2D eigenvalue weighted by molar-refractivity contribution is 5.63. The third-order valence-electron chi connectivity index (χ3n) is 2.93. The van der Waals surface area contributed by atoms with Gasteiger partial charge in [-0.15, -0.1) is 5.10 Å². The van der Waals surface area contributed by atoms with Crippen LogP contribution in [0.15, 0.2) is 40.8 Å². The molecule has 21 heavy (non-hydrogen) atoms. The Bertz CT molecular complexity index is 733. The molecule has 0 atom stereocenters. The number of nitrogens with one attached hydrogen (secondary N) is 1. The maximum absolute atomic E-state index is 5.78. The molecule has 0 saturated heterocycles. The Hall–Kier alpha value is -2.76. The second kappa shape index (κ2) is 5.70. The molecule has 6 nitrogen and oxygen atoms in total. The van der Waals surface area contributed by atoms with Crippen molar-refractivity contribution in [2.75, 3.05) is 12.3 Å². The van der Waals surface area contributed by atoms with E-state index in [4.69, 9.17) is 14.9 Å². The van der Waals surface area contributed by atoms with Gasteiger partial charge in [0.2, 0.25) is 5.95 Å². The lowest BCUT2D eigenvalue weighted by molar-refractivity contribution is 0.317. The minimum atomic E-state index is 0.193. The summed E-state index contributed by atoms with van der Waals surface area (Å²) in [5.74, 6) is 2.86. The monoisotopic (exact) mass is 284 g/mol. The third-order valence-corrected chi connectivity index (χ3v) is 2.93. The van der Waals surface area contributed by atoms with Crippen molar-refractivity contribution in [1.29, 1.82) is 0 Å². The number of hydrogen-bond donors (Lipinski definition) is 2. The van der Waals surface area contributed by atoms with Crippen molar-refractivity contribution in [3.63, 3.8) is 0 Å². The Balaban J connectivity index is 1.86. The SMILES string of the molecule is CCCOc1cccc(-c2ccc(-c3nc(N)n[nH]3)o2)c1. The molecule has 2 heterocycles. The lowest BCUT2D eigenvalue weighted by atomic mass is 10.1. The van der Waals surface area contributed by atoms with Crippen LogP contribution in [-0.4, -0.2) is 21.8 Å². The van der Waals surface area contributed by atoms with E-state index in [9.17, 15) is 0 Å². The molecule has 0 unspecified atom stereocenters. The van der Waals surface area contributed by atoms with Gasteiger partial charge in [0.1, 0.15) is 11.5 Å². The highest BCUT2D eigenvalue weighted by atomic mass is 16.5. The number of H-pyrrole nitrogens is 1. The van der Waals surface area contributed by atoms with E-state index in [0.717, 1.165) is 23.5 Å². The van der Waals surface area contributed by atoms with E-state index in [-0.39, 0.29) is 5.95 Å². The lowest BCUT2D eigenvalue weighted by Gasteiger charge is -2.05. The topological polar surface area (TPSA) is 90.0 Å². The predicted octanol–water partition coefficient (Wildman–Crippen LogP) is 3.10.